The number of benzene rings is 1. The molecule has 4 heteroatoms. The van der Waals surface area contributed by atoms with Crippen molar-refractivity contribution in [2.45, 2.75) is 32.1 Å². The highest BCUT2D eigenvalue weighted by molar-refractivity contribution is 5.91. The Morgan fingerprint density at radius 2 is 2.05 bits per heavy atom. The Bertz CT molecular complexity index is 478. The molecule has 1 aliphatic carbocycles. The number of rotatable bonds is 5. The quantitative estimate of drug-likeness (QED) is 0.848. The van der Waals surface area contributed by atoms with E-state index < -0.39 is 0 Å². The smallest absolute Gasteiger partial charge is 0.224 e. The zero-order valence-electron chi connectivity index (χ0n) is 11.0. The summed E-state index contributed by atoms with van der Waals surface area (Å²) in [5.41, 5.74) is 7.52. The number of hydrogen-bond acceptors (Lipinski definition) is 3. The first-order valence-electron chi connectivity index (χ1n) is 6.63. The third kappa shape index (κ3) is 3.33. The van der Waals surface area contributed by atoms with Gasteiger partial charge in [0.1, 0.15) is 0 Å². The first-order chi connectivity index (χ1) is 9.17. The number of carbonyl (C=O) groups is 1. The van der Waals surface area contributed by atoms with Gasteiger partial charge in [0.15, 0.2) is 0 Å². The molecule has 0 aromatic heterocycles. The van der Waals surface area contributed by atoms with Crippen LogP contribution >= 0.6 is 0 Å². The molecule has 1 aliphatic rings. The van der Waals surface area contributed by atoms with E-state index >= 15 is 0 Å². The molecule has 0 bridgehead atoms. The van der Waals surface area contributed by atoms with Crippen LogP contribution in [0, 0.1) is 16.7 Å². The first-order valence-corrected chi connectivity index (χ1v) is 6.63. The molecule has 0 atom stereocenters. The summed E-state index contributed by atoms with van der Waals surface area (Å²) in [5.74, 6) is 0.0261. The minimum Gasteiger partial charge on any atom is -0.330 e. The van der Waals surface area contributed by atoms with Gasteiger partial charge in [-0.25, -0.2) is 0 Å². The molecule has 100 valence electrons. The van der Waals surface area contributed by atoms with Gasteiger partial charge in [-0.05, 0) is 42.5 Å². The molecule has 0 heterocycles. The standard InChI is InChI=1S/C15H19N3O/c16-9-6-12-2-4-13(5-3-12)18-14(19)10-15(11-17)7-1-8-15/h2-5H,1,6-8,10-11,17H2,(H,18,19). The summed E-state index contributed by atoms with van der Waals surface area (Å²) in [7, 11) is 0. The average Bonchev–Trinajstić information content (AvgIpc) is 2.37. The molecule has 1 aromatic rings. The second-order valence-corrected chi connectivity index (χ2v) is 5.31. The van der Waals surface area contributed by atoms with Crippen molar-refractivity contribution >= 4 is 11.6 Å². The van der Waals surface area contributed by atoms with Gasteiger partial charge in [0.05, 0.1) is 12.5 Å². The lowest BCUT2D eigenvalue weighted by Crippen LogP contribution is -2.40. The van der Waals surface area contributed by atoms with Crippen molar-refractivity contribution in [3.63, 3.8) is 0 Å². The van der Waals surface area contributed by atoms with Crippen molar-refractivity contribution in [3.8, 4) is 6.07 Å². The summed E-state index contributed by atoms with van der Waals surface area (Å²) in [4.78, 5) is 12.0. The van der Waals surface area contributed by atoms with Gasteiger partial charge in [0, 0.05) is 12.1 Å². The van der Waals surface area contributed by atoms with Crippen LogP contribution in [0.3, 0.4) is 0 Å². The lowest BCUT2D eigenvalue weighted by atomic mass is 9.66. The molecule has 19 heavy (non-hydrogen) atoms. The number of nitrogens with zero attached hydrogens (tertiary/aromatic N) is 1. The second-order valence-electron chi connectivity index (χ2n) is 5.31. The van der Waals surface area contributed by atoms with E-state index in [-0.39, 0.29) is 11.3 Å². The lowest BCUT2D eigenvalue weighted by molar-refractivity contribution is -0.119. The molecule has 0 unspecified atom stereocenters. The second kappa shape index (κ2) is 5.85. The van der Waals surface area contributed by atoms with E-state index in [1.165, 1.54) is 6.42 Å². The molecular formula is C15H19N3O. The minimum atomic E-state index is 0.0261. The third-order valence-corrected chi connectivity index (χ3v) is 3.90. The zero-order valence-corrected chi connectivity index (χ0v) is 11.0. The Hall–Kier alpha value is -1.86. The maximum atomic E-state index is 12.0. The summed E-state index contributed by atoms with van der Waals surface area (Å²) in [5, 5.41) is 11.5. The SMILES string of the molecule is N#CCc1ccc(NC(=O)CC2(CN)CCC2)cc1. The van der Waals surface area contributed by atoms with Gasteiger partial charge in [-0.2, -0.15) is 5.26 Å². The van der Waals surface area contributed by atoms with Crippen LogP contribution in [0.5, 0.6) is 0 Å². The fraction of sp³-hybridized carbons (Fsp3) is 0.467. The summed E-state index contributed by atoms with van der Waals surface area (Å²) in [6, 6.07) is 9.49. The average molecular weight is 257 g/mol. The van der Waals surface area contributed by atoms with Gasteiger partial charge in [0.25, 0.3) is 0 Å². The Morgan fingerprint density at radius 1 is 1.37 bits per heavy atom. The highest BCUT2D eigenvalue weighted by Crippen LogP contribution is 2.43. The molecule has 0 spiro atoms. The summed E-state index contributed by atoms with van der Waals surface area (Å²) in [6.45, 7) is 0.585. The highest BCUT2D eigenvalue weighted by atomic mass is 16.1. The van der Waals surface area contributed by atoms with Gasteiger partial charge < -0.3 is 11.1 Å². The van der Waals surface area contributed by atoms with Crippen LogP contribution in [0.2, 0.25) is 0 Å². The van der Waals surface area contributed by atoms with Crippen LogP contribution in [-0.2, 0) is 11.2 Å². The van der Waals surface area contributed by atoms with Crippen molar-refractivity contribution in [3.05, 3.63) is 29.8 Å². The fourth-order valence-corrected chi connectivity index (χ4v) is 2.47. The maximum Gasteiger partial charge on any atom is 0.224 e. The van der Waals surface area contributed by atoms with Crippen molar-refractivity contribution in [1.82, 2.24) is 0 Å². The molecule has 0 aliphatic heterocycles. The Morgan fingerprint density at radius 3 is 2.53 bits per heavy atom. The molecule has 2 rings (SSSR count). The highest BCUT2D eigenvalue weighted by Gasteiger charge is 2.37. The van der Waals surface area contributed by atoms with Gasteiger partial charge in [-0.15, -0.1) is 0 Å². The van der Waals surface area contributed by atoms with Crippen LogP contribution in [0.15, 0.2) is 24.3 Å². The summed E-state index contributed by atoms with van der Waals surface area (Å²) in [6.07, 6.45) is 4.18. The lowest BCUT2D eigenvalue weighted by Gasteiger charge is -2.40. The van der Waals surface area contributed by atoms with E-state index in [2.05, 4.69) is 11.4 Å². The van der Waals surface area contributed by atoms with E-state index in [0.29, 0.717) is 19.4 Å². The first kappa shape index (κ1) is 13.6. The number of nitrogens with two attached hydrogens (primary N) is 1. The molecule has 0 saturated heterocycles. The monoisotopic (exact) mass is 257 g/mol. The molecule has 4 nitrogen and oxygen atoms in total. The zero-order chi connectivity index (χ0) is 13.7. The van der Waals surface area contributed by atoms with E-state index in [1.54, 1.807) is 0 Å². The normalized spacial score (nSPS) is 16.2. The number of nitriles is 1. The number of anilines is 1. The molecule has 1 amide bonds. The molecule has 0 radical (unpaired) electrons. The van der Waals surface area contributed by atoms with Crippen LogP contribution in [-0.4, -0.2) is 12.5 Å². The van der Waals surface area contributed by atoms with Crippen molar-refractivity contribution < 1.29 is 4.79 Å². The van der Waals surface area contributed by atoms with Gasteiger partial charge in [0.2, 0.25) is 5.91 Å². The van der Waals surface area contributed by atoms with Crippen molar-refractivity contribution in [2.24, 2.45) is 11.1 Å². The molecule has 1 aromatic carbocycles. The molecule has 1 fully saturated rings. The number of nitrogens with one attached hydrogen (secondary N) is 1. The van der Waals surface area contributed by atoms with Crippen LogP contribution in [0.25, 0.3) is 0 Å². The largest absolute Gasteiger partial charge is 0.330 e. The number of amides is 1. The molecular weight excluding hydrogens is 238 g/mol. The summed E-state index contributed by atoms with van der Waals surface area (Å²) < 4.78 is 0. The minimum absolute atomic E-state index is 0.0261. The Labute approximate surface area is 113 Å². The number of carbonyl (C=O) groups excluding carboxylic acids is 1. The maximum absolute atomic E-state index is 12.0. The Kier molecular flexibility index (Phi) is 4.18. The predicted molar refractivity (Wildman–Crippen MR) is 74.3 cm³/mol. The van der Waals surface area contributed by atoms with Crippen molar-refractivity contribution in [2.75, 3.05) is 11.9 Å². The van der Waals surface area contributed by atoms with Crippen LogP contribution in [0.4, 0.5) is 5.69 Å². The fourth-order valence-electron chi connectivity index (χ4n) is 2.47. The van der Waals surface area contributed by atoms with Gasteiger partial charge in [-0.3, -0.25) is 4.79 Å². The van der Waals surface area contributed by atoms with Gasteiger partial charge >= 0.3 is 0 Å². The van der Waals surface area contributed by atoms with E-state index in [4.69, 9.17) is 11.0 Å². The van der Waals surface area contributed by atoms with E-state index in [1.807, 2.05) is 24.3 Å². The van der Waals surface area contributed by atoms with E-state index in [0.717, 1.165) is 24.1 Å². The van der Waals surface area contributed by atoms with Crippen LogP contribution in [0.1, 0.15) is 31.2 Å². The molecule has 1 saturated carbocycles. The number of hydrogen-bond donors (Lipinski definition) is 2. The summed E-state index contributed by atoms with van der Waals surface area (Å²) >= 11 is 0. The predicted octanol–water partition coefficient (Wildman–Crippen LogP) is 2.21. The van der Waals surface area contributed by atoms with Gasteiger partial charge in [-0.1, -0.05) is 18.6 Å². The third-order valence-electron chi connectivity index (χ3n) is 3.90. The van der Waals surface area contributed by atoms with Crippen molar-refractivity contribution in [1.29, 1.82) is 5.26 Å². The van der Waals surface area contributed by atoms with E-state index in [9.17, 15) is 4.79 Å². The Balaban J connectivity index is 1.90. The van der Waals surface area contributed by atoms with Crippen LogP contribution < -0.4 is 11.1 Å². The topological polar surface area (TPSA) is 78.9 Å². The molecule has 3 N–H and O–H groups in total.